The van der Waals surface area contributed by atoms with Crippen molar-refractivity contribution < 1.29 is 9.53 Å². The minimum absolute atomic E-state index is 0.0664. The van der Waals surface area contributed by atoms with Gasteiger partial charge in [-0.3, -0.25) is 4.79 Å². The molecule has 0 unspecified atom stereocenters. The highest BCUT2D eigenvalue weighted by Crippen LogP contribution is 2.53. The molecule has 0 heterocycles. The van der Waals surface area contributed by atoms with Crippen molar-refractivity contribution in [1.29, 1.82) is 0 Å². The molecule has 0 radical (unpaired) electrons. The lowest BCUT2D eigenvalue weighted by Crippen LogP contribution is -2.55. The van der Waals surface area contributed by atoms with Gasteiger partial charge in [-0.15, -0.1) is 0 Å². The van der Waals surface area contributed by atoms with Crippen LogP contribution in [0.5, 0.6) is 5.75 Å². The summed E-state index contributed by atoms with van der Waals surface area (Å²) >= 11 is 0. The summed E-state index contributed by atoms with van der Waals surface area (Å²) in [4.78, 5) is 12.7. The van der Waals surface area contributed by atoms with Crippen LogP contribution in [0.1, 0.15) is 56.3 Å². The molecule has 1 aromatic carbocycles. The average molecular weight is 313 g/mol. The summed E-state index contributed by atoms with van der Waals surface area (Å²) < 4.78 is 5.71. The van der Waals surface area contributed by atoms with Crippen LogP contribution in [0, 0.1) is 23.7 Å². The molecule has 124 valence electrons. The Hall–Kier alpha value is -1.51. The Balaban J connectivity index is 1.46. The Labute approximate surface area is 138 Å². The van der Waals surface area contributed by atoms with Gasteiger partial charge in [-0.2, -0.15) is 0 Å². The van der Waals surface area contributed by atoms with E-state index in [0.717, 1.165) is 23.1 Å². The molecule has 0 aliphatic heterocycles. The number of benzene rings is 1. The maximum Gasteiger partial charge on any atom is 0.251 e. The van der Waals surface area contributed by atoms with Crippen molar-refractivity contribution in [2.75, 3.05) is 0 Å². The maximum absolute atomic E-state index is 12.7. The molecule has 4 saturated carbocycles. The normalized spacial score (nSPS) is 34.7. The molecule has 0 spiro atoms. The van der Waals surface area contributed by atoms with Gasteiger partial charge in [-0.25, -0.2) is 0 Å². The topological polar surface area (TPSA) is 38.3 Å². The molecular weight excluding hydrogens is 286 g/mol. The third-order valence-corrected chi connectivity index (χ3v) is 5.99. The molecule has 1 aromatic rings. The monoisotopic (exact) mass is 313 g/mol. The summed E-state index contributed by atoms with van der Waals surface area (Å²) in [6.07, 6.45) is 6.88. The van der Waals surface area contributed by atoms with Crippen molar-refractivity contribution in [1.82, 2.24) is 5.32 Å². The van der Waals surface area contributed by atoms with Crippen molar-refractivity contribution in [3.05, 3.63) is 29.8 Å². The first-order valence-electron chi connectivity index (χ1n) is 9.16. The molecule has 4 aliphatic carbocycles. The summed E-state index contributed by atoms with van der Waals surface area (Å²) in [6.45, 7) is 4.00. The SMILES string of the molecule is CC(C)Oc1cccc(C(=O)NC2C3CC4CC(C3)CC2C4)c1. The van der Waals surface area contributed by atoms with E-state index in [0.29, 0.717) is 17.9 Å². The van der Waals surface area contributed by atoms with Crippen LogP contribution in [0.4, 0.5) is 0 Å². The standard InChI is InChI=1S/C20H27NO2/c1-12(2)23-18-5-3-4-15(11-18)20(22)21-19-16-7-13-6-14(9-16)10-17(19)8-13/h3-5,11-14,16-17,19H,6-10H2,1-2H3,(H,21,22). The average Bonchev–Trinajstić information content (AvgIpc) is 2.49. The first kappa shape index (κ1) is 15.0. The Morgan fingerprint density at radius 2 is 1.74 bits per heavy atom. The molecule has 0 aromatic heterocycles. The summed E-state index contributed by atoms with van der Waals surface area (Å²) in [6, 6.07) is 7.97. The van der Waals surface area contributed by atoms with Gasteiger partial charge in [0, 0.05) is 11.6 Å². The largest absolute Gasteiger partial charge is 0.491 e. The first-order valence-corrected chi connectivity index (χ1v) is 9.16. The first-order chi connectivity index (χ1) is 11.1. The number of carbonyl (C=O) groups is 1. The number of hydrogen-bond acceptors (Lipinski definition) is 2. The fourth-order valence-corrected chi connectivity index (χ4v) is 5.38. The smallest absolute Gasteiger partial charge is 0.251 e. The number of amides is 1. The Kier molecular flexibility index (Phi) is 3.82. The summed E-state index contributed by atoms with van der Waals surface area (Å²) in [5.41, 5.74) is 0.719. The number of ether oxygens (including phenoxy) is 1. The molecule has 0 saturated heterocycles. The van der Waals surface area contributed by atoms with Gasteiger partial charge < -0.3 is 10.1 Å². The van der Waals surface area contributed by atoms with Crippen LogP contribution in [0.3, 0.4) is 0 Å². The van der Waals surface area contributed by atoms with Gasteiger partial charge in [-0.05, 0) is 87.8 Å². The fraction of sp³-hybridized carbons (Fsp3) is 0.650. The van der Waals surface area contributed by atoms with E-state index in [2.05, 4.69) is 5.32 Å². The molecule has 1 N–H and O–H groups in total. The van der Waals surface area contributed by atoms with Gasteiger partial charge >= 0.3 is 0 Å². The third-order valence-electron chi connectivity index (χ3n) is 5.99. The van der Waals surface area contributed by atoms with Gasteiger partial charge in [0.05, 0.1) is 6.10 Å². The van der Waals surface area contributed by atoms with Crippen LogP contribution in [-0.2, 0) is 0 Å². The van der Waals surface area contributed by atoms with Crippen LogP contribution in [-0.4, -0.2) is 18.1 Å². The van der Waals surface area contributed by atoms with Gasteiger partial charge in [0.25, 0.3) is 5.91 Å². The Bertz CT molecular complexity index is 567. The van der Waals surface area contributed by atoms with E-state index in [-0.39, 0.29) is 12.0 Å². The summed E-state index contributed by atoms with van der Waals surface area (Å²) in [7, 11) is 0. The highest BCUT2D eigenvalue weighted by atomic mass is 16.5. The van der Waals surface area contributed by atoms with Crippen molar-refractivity contribution in [3.63, 3.8) is 0 Å². The van der Waals surface area contributed by atoms with E-state index >= 15 is 0 Å². The van der Waals surface area contributed by atoms with Crippen LogP contribution >= 0.6 is 0 Å². The second kappa shape index (κ2) is 5.85. The molecule has 3 nitrogen and oxygen atoms in total. The second-order valence-electron chi connectivity index (χ2n) is 8.12. The highest BCUT2D eigenvalue weighted by Gasteiger charge is 2.48. The number of hydrogen-bond donors (Lipinski definition) is 1. The van der Waals surface area contributed by atoms with Crippen molar-refractivity contribution >= 4 is 5.91 Å². The van der Waals surface area contributed by atoms with Gasteiger partial charge in [0.15, 0.2) is 0 Å². The lowest BCUT2D eigenvalue weighted by atomic mass is 9.54. The van der Waals surface area contributed by atoms with Crippen LogP contribution in [0.25, 0.3) is 0 Å². The molecule has 4 fully saturated rings. The van der Waals surface area contributed by atoms with Gasteiger partial charge in [0.2, 0.25) is 0 Å². The van der Waals surface area contributed by atoms with E-state index < -0.39 is 0 Å². The molecule has 0 atom stereocenters. The predicted molar refractivity (Wildman–Crippen MR) is 90.5 cm³/mol. The van der Waals surface area contributed by atoms with Gasteiger partial charge in [0.1, 0.15) is 5.75 Å². The van der Waals surface area contributed by atoms with E-state index in [1.807, 2.05) is 38.1 Å². The Morgan fingerprint density at radius 3 is 2.35 bits per heavy atom. The van der Waals surface area contributed by atoms with Crippen molar-refractivity contribution in [2.24, 2.45) is 23.7 Å². The maximum atomic E-state index is 12.7. The zero-order valence-corrected chi connectivity index (χ0v) is 14.1. The molecule has 4 bridgehead atoms. The third kappa shape index (κ3) is 2.98. The number of rotatable bonds is 4. The zero-order valence-electron chi connectivity index (χ0n) is 14.1. The van der Waals surface area contributed by atoms with E-state index in [9.17, 15) is 4.79 Å². The summed E-state index contributed by atoms with van der Waals surface area (Å²) in [5, 5.41) is 3.36. The molecule has 23 heavy (non-hydrogen) atoms. The van der Waals surface area contributed by atoms with Crippen LogP contribution in [0.15, 0.2) is 24.3 Å². The van der Waals surface area contributed by atoms with Crippen LogP contribution in [0.2, 0.25) is 0 Å². The van der Waals surface area contributed by atoms with E-state index in [4.69, 9.17) is 4.74 Å². The molecule has 5 rings (SSSR count). The van der Waals surface area contributed by atoms with E-state index in [1.54, 1.807) is 0 Å². The van der Waals surface area contributed by atoms with E-state index in [1.165, 1.54) is 32.1 Å². The highest BCUT2D eigenvalue weighted by molar-refractivity contribution is 5.94. The molecule has 1 amide bonds. The lowest BCUT2D eigenvalue weighted by molar-refractivity contribution is -0.0119. The van der Waals surface area contributed by atoms with Gasteiger partial charge in [-0.1, -0.05) is 6.07 Å². The number of carbonyl (C=O) groups excluding carboxylic acids is 1. The van der Waals surface area contributed by atoms with Crippen molar-refractivity contribution in [2.45, 2.75) is 58.1 Å². The summed E-state index contributed by atoms with van der Waals surface area (Å²) in [5.74, 6) is 4.15. The molecule has 4 aliphatic rings. The minimum atomic E-state index is 0.0664. The zero-order chi connectivity index (χ0) is 16.0. The van der Waals surface area contributed by atoms with Crippen LogP contribution < -0.4 is 10.1 Å². The van der Waals surface area contributed by atoms with Crippen molar-refractivity contribution in [3.8, 4) is 5.75 Å². The predicted octanol–water partition coefficient (Wildman–Crippen LogP) is 4.03. The Morgan fingerprint density at radius 1 is 1.09 bits per heavy atom. The fourth-order valence-electron chi connectivity index (χ4n) is 5.38. The number of nitrogens with one attached hydrogen (secondary N) is 1. The minimum Gasteiger partial charge on any atom is -0.491 e. The molecule has 3 heteroatoms. The molecular formula is C20H27NO2. The quantitative estimate of drug-likeness (QED) is 0.911. The lowest BCUT2D eigenvalue weighted by Gasteiger charge is -2.54. The second-order valence-corrected chi connectivity index (χ2v) is 8.12.